The predicted molar refractivity (Wildman–Crippen MR) is 73.5 cm³/mol. The summed E-state index contributed by atoms with van der Waals surface area (Å²) in [6.07, 6.45) is 0. The SMILES string of the molecule is Cc1cc(Cl)c2c(c1)N(C)CC1CNCCN21. The highest BCUT2D eigenvalue weighted by Gasteiger charge is 2.32. The lowest BCUT2D eigenvalue weighted by atomic mass is 10.0. The first-order valence-electron chi connectivity index (χ1n) is 6.15. The molecule has 0 saturated carbocycles. The van der Waals surface area contributed by atoms with E-state index < -0.39 is 0 Å². The molecule has 0 aromatic heterocycles. The van der Waals surface area contributed by atoms with Crippen LogP contribution >= 0.6 is 11.6 Å². The van der Waals surface area contributed by atoms with E-state index in [1.165, 1.54) is 16.9 Å². The molecule has 1 unspecified atom stereocenters. The third-order valence-corrected chi connectivity index (χ3v) is 4.01. The van der Waals surface area contributed by atoms with E-state index in [-0.39, 0.29) is 0 Å². The minimum Gasteiger partial charge on any atom is -0.371 e. The summed E-state index contributed by atoms with van der Waals surface area (Å²) < 4.78 is 0. The highest BCUT2D eigenvalue weighted by Crippen LogP contribution is 2.41. The van der Waals surface area contributed by atoms with Crippen LogP contribution in [0.3, 0.4) is 0 Å². The molecule has 1 aromatic rings. The molecule has 4 heteroatoms. The van der Waals surface area contributed by atoms with Crippen molar-refractivity contribution in [2.45, 2.75) is 13.0 Å². The summed E-state index contributed by atoms with van der Waals surface area (Å²) in [5, 5.41) is 4.34. The van der Waals surface area contributed by atoms with E-state index in [2.05, 4.69) is 41.2 Å². The Morgan fingerprint density at radius 3 is 3.06 bits per heavy atom. The second-order valence-electron chi connectivity index (χ2n) is 5.05. The number of hydrogen-bond donors (Lipinski definition) is 1. The summed E-state index contributed by atoms with van der Waals surface area (Å²) >= 11 is 6.44. The molecule has 1 fully saturated rings. The minimum atomic E-state index is 0.543. The molecule has 17 heavy (non-hydrogen) atoms. The summed E-state index contributed by atoms with van der Waals surface area (Å²) in [6.45, 7) is 6.32. The molecule has 0 radical (unpaired) electrons. The number of likely N-dealkylation sites (N-methyl/N-ethyl adjacent to an activating group) is 1. The molecule has 1 N–H and O–H groups in total. The smallest absolute Gasteiger partial charge is 0.0797 e. The summed E-state index contributed by atoms with van der Waals surface area (Å²) in [5.41, 5.74) is 3.72. The largest absolute Gasteiger partial charge is 0.371 e. The maximum Gasteiger partial charge on any atom is 0.0797 e. The number of aryl methyl sites for hydroxylation is 1. The van der Waals surface area contributed by atoms with Gasteiger partial charge < -0.3 is 15.1 Å². The van der Waals surface area contributed by atoms with Gasteiger partial charge in [-0.05, 0) is 24.6 Å². The second-order valence-corrected chi connectivity index (χ2v) is 5.45. The fourth-order valence-corrected chi connectivity index (χ4v) is 3.30. The van der Waals surface area contributed by atoms with E-state index in [1.54, 1.807) is 0 Å². The molecule has 2 aliphatic heterocycles. The van der Waals surface area contributed by atoms with Crippen LogP contribution < -0.4 is 15.1 Å². The topological polar surface area (TPSA) is 18.5 Å². The highest BCUT2D eigenvalue weighted by atomic mass is 35.5. The van der Waals surface area contributed by atoms with Crippen molar-refractivity contribution in [2.75, 3.05) is 43.0 Å². The van der Waals surface area contributed by atoms with E-state index in [9.17, 15) is 0 Å². The number of nitrogens with one attached hydrogen (secondary N) is 1. The Hall–Kier alpha value is -0.930. The molecule has 0 amide bonds. The Kier molecular flexibility index (Phi) is 2.68. The first-order chi connectivity index (χ1) is 8.16. The normalized spacial score (nSPS) is 23.4. The molecule has 0 bridgehead atoms. The molecule has 92 valence electrons. The summed E-state index contributed by atoms with van der Waals surface area (Å²) in [4.78, 5) is 4.79. The fraction of sp³-hybridized carbons (Fsp3) is 0.538. The van der Waals surface area contributed by atoms with Crippen LogP contribution in [0.1, 0.15) is 5.56 Å². The Balaban J connectivity index is 2.11. The van der Waals surface area contributed by atoms with E-state index in [1.807, 2.05) is 0 Å². The van der Waals surface area contributed by atoms with Crippen LogP contribution in [-0.4, -0.2) is 39.3 Å². The van der Waals surface area contributed by atoms with Crippen molar-refractivity contribution >= 4 is 23.0 Å². The third-order valence-electron chi connectivity index (χ3n) is 3.72. The van der Waals surface area contributed by atoms with Gasteiger partial charge in [-0.1, -0.05) is 11.6 Å². The van der Waals surface area contributed by atoms with Crippen LogP contribution in [0.4, 0.5) is 11.4 Å². The Morgan fingerprint density at radius 2 is 2.24 bits per heavy atom. The lowest BCUT2D eigenvalue weighted by molar-refractivity contribution is 0.466. The van der Waals surface area contributed by atoms with Crippen molar-refractivity contribution in [3.8, 4) is 0 Å². The molecule has 2 heterocycles. The van der Waals surface area contributed by atoms with Crippen molar-refractivity contribution in [1.29, 1.82) is 0 Å². The summed E-state index contributed by atoms with van der Waals surface area (Å²) in [6, 6.07) is 4.85. The van der Waals surface area contributed by atoms with Crippen molar-refractivity contribution in [3.63, 3.8) is 0 Å². The van der Waals surface area contributed by atoms with Crippen LogP contribution in [-0.2, 0) is 0 Å². The second kappa shape index (κ2) is 4.07. The molecule has 2 aliphatic rings. The van der Waals surface area contributed by atoms with Gasteiger partial charge in [-0.25, -0.2) is 0 Å². The van der Waals surface area contributed by atoms with Gasteiger partial charge in [0.1, 0.15) is 0 Å². The number of anilines is 2. The Bertz CT molecular complexity index is 447. The molecule has 1 atom stereocenters. The van der Waals surface area contributed by atoms with Crippen LogP contribution in [0, 0.1) is 6.92 Å². The molecular formula is C13H18ClN3. The van der Waals surface area contributed by atoms with Crippen LogP contribution in [0.25, 0.3) is 0 Å². The average Bonchev–Trinajstić information content (AvgIpc) is 2.29. The zero-order chi connectivity index (χ0) is 12.0. The zero-order valence-electron chi connectivity index (χ0n) is 10.3. The van der Waals surface area contributed by atoms with Crippen molar-refractivity contribution in [1.82, 2.24) is 5.32 Å². The van der Waals surface area contributed by atoms with E-state index in [4.69, 9.17) is 11.6 Å². The van der Waals surface area contributed by atoms with Crippen LogP contribution in [0.2, 0.25) is 5.02 Å². The number of benzene rings is 1. The van der Waals surface area contributed by atoms with Gasteiger partial charge in [0, 0.05) is 33.2 Å². The van der Waals surface area contributed by atoms with E-state index in [0.717, 1.165) is 31.2 Å². The maximum atomic E-state index is 6.44. The van der Waals surface area contributed by atoms with Gasteiger partial charge in [-0.2, -0.15) is 0 Å². The number of halogens is 1. The molecule has 1 saturated heterocycles. The third kappa shape index (κ3) is 1.78. The number of hydrogen-bond acceptors (Lipinski definition) is 3. The summed E-state index contributed by atoms with van der Waals surface area (Å²) in [5.74, 6) is 0. The van der Waals surface area contributed by atoms with Gasteiger partial charge in [0.2, 0.25) is 0 Å². The molecule has 3 rings (SSSR count). The lowest BCUT2D eigenvalue weighted by Crippen LogP contribution is -2.58. The highest BCUT2D eigenvalue weighted by molar-refractivity contribution is 6.34. The molecule has 0 spiro atoms. The number of piperazine rings is 1. The molecular weight excluding hydrogens is 234 g/mol. The van der Waals surface area contributed by atoms with Crippen LogP contribution in [0.5, 0.6) is 0 Å². The number of fused-ring (bicyclic) bond motifs is 3. The van der Waals surface area contributed by atoms with Gasteiger partial charge in [0.05, 0.1) is 22.4 Å². The number of rotatable bonds is 0. The van der Waals surface area contributed by atoms with Gasteiger partial charge >= 0.3 is 0 Å². The molecule has 1 aromatic carbocycles. The van der Waals surface area contributed by atoms with E-state index in [0.29, 0.717) is 6.04 Å². The van der Waals surface area contributed by atoms with E-state index >= 15 is 0 Å². The Labute approximate surface area is 107 Å². The standard InChI is InChI=1S/C13H18ClN3/c1-9-5-11(14)13-12(6-9)16(2)8-10-7-15-3-4-17(10)13/h5-6,10,15H,3-4,7-8H2,1-2H3. The Morgan fingerprint density at radius 1 is 1.41 bits per heavy atom. The summed E-state index contributed by atoms with van der Waals surface area (Å²) in [7, 11) is 2.15. The molecule has 0 aliphatic carbocycles. The molecule has 3 nitrogen and oxygen atoms in total. The number of nitrogens with zero attached hydrogens (tertiary/aromatic N) is 2. The minimum absolute atomic E-state index is 0.543. The lowest BCUT2D eigenvalue weighted by Gasteiger charge is -2.46. The van der Waals surface area contributed by atoms with Gasteiger partial charge in [0.15, 0.2) is 0 Å². The van der Waals surface area contributed by atoms with Crippen molar-refractivity contribution in [2.24, 2.45) is 0 Å². The average molecular weight is 252 g/mol. The quantitative estimate of drug-likeness (QED) is 0.760. The van der Waals surface area contributed by atoms with Crippen molar-refractivity contribution in [3.05, 3.63) is 22.7 Å². The zero-order valence-corrected chi connectivity index (χ0v) is 11.1. The first-order valence-corrected chi connectivity index (χ1v) is 6.53. The monoisotopic (exact) mass is 251 g/mol. The van der Waals surface area contributed by atoms with Gasteiger partial charge in [-0.3, -0.25) is 0 Å². The first kappa shape index (κ1) is 11.2. The predicted octanol–water partition coefficient (Wildman–Crippen LogP) is 1.88. The maximum absolute atomic E-state index is 6.44. The van der Waals surface area contributed by atoms with Gasteiger partial charge in [-0.15, -0.1) is 0 Å². The van der Waals surface area contributed by atoms with Gasteiger partial charge in [0.25, 0.3) is 0 Å². The fourth-order valence-electron chi connectivity index (χ4n) is 2.92. The van der Waals surface area contributed by atoms with Crippen LogP contribution in [0.15, 0.2) is 12.1 Å². The van der Waals surface area contributed by atoms with Crippen molar-refractivity contribution < 1.29 is 0 Å².